The molecule has 1 fully saturated rings. The topological polar surface area (TPSA) is 39.7 Å². The van der Waals surface area contributed by atoms with Gasteiger partial charge >= 0.3 is 6.18 Å². The van der Waals surface area contributed by atoms with Crippen LogP contribution in [0.1, 0.15) is 12.0 Å². The number of rotatable bonds is 4. The Morgan fingerprint density at radius 1 is 1.43 bits per heavy atom. The number of halogens is 4. The Morgan fingerprint density at radius 3 is 2.87 bits per heavy atom. The van der Waals surface area contributed by atoms with Crippen molar-refractivity contribution in [1.29, 1.82) is 0 Å². The van der Waals surface area contributed by atoms with E-state index in [4.69, 9.17) is 0 Å². The van der Waals surface area contributed by atoms with E-state index < -0.39 is 12.7 Å². The van der Waals surface area contributed by atoms with Gasteiger partial charge in [0.25, 0.3) is 0 Å². The summed E-state index contributed by atoms with van der Waals surface area (Å²) in [5, 5.41) is 6.36. The number of aliphatic imine (C=N–C) groups is 1. The molecule has 4 nitrogen and oxygen atoms in total. The molecule has 1 aliphatic heterocycles. The Bertz CT molecular complexity index is 548. The van der Waals surface area contributed by atoms with Crippen LogP contribution in [0.3, 0.4) is 0 Å². The highest BCUT2D eigenvalue weighted by molar-refractivity contribution is 9.10. The molecule has 1 saturated heterocycles. The van der Waals surface area contributed by atoms with Crippen molar-refractivity contribution in [3.05, 3.63) is 34.3 Å². The van der Waals surface area contributed by atoms with Crippen molar-refractivity contribution in [2.45, 2.75) is 25.2 Å². The minimum atomic E-state index is -4.14. The molecule has 0 aromatic heterocycles. The van der Waals surface area contributed by atoms with E-state index in [0.29, 0.717) is 32.0 Å². The van der Waals surface area contributed by atoms with Crippen molar-refractivity contribution in [2.24, 2.45) is 4.99 Å². The first-order valence-corrected chi connectivity index (χ1v) is 8.16. The highest BCUT2D eigenvalue weighted by atomic mass is 79.9. The van der Waals surface area contributed by atoms with E-state index in [-0.39, 0.29) is 6.04 Å². The van der Waals surface area contributed by atoms with Gasteiger partial charge < -0.3 is 10.6 Å². The van der Waals surface area contributed by atoms with Gasteiger partial charge in [0.1, 0.15) is 0 Å². The smallest absolute Gasteiger partial charge is 0.352 e. The molecule has 0 amide bonds. The predicted octanol–water partition coefficient (Wildman–Crippen LogP) is 2.75. The second kappa shape index (κ2) is 8.01. The monoisotopic (exact) mass is 392 g/mol. The third kappa shape index (κ3) is 6.39. The van der Waals surface area contributed by atoms with E-state index in [1.54, 1.807) is 7.05 Å². The van der Waals surface area contributed by atoms with Crippen LogP contribution in [0.25, 0.3) is 0 Å². The van der Waals surface area contributed by atoms with Crippen LogP contribution in [0, 0.1) is 0 Å². The highest BCUT2D eigenvalue weighted by Crippen LogP contribution is 2.19. The molecular formula is C15H20BrF3N4. The van der Waals surface area contributed by atoms with E-state index >= 15 is 0 Å². The Hall–Kier alpha value is -1.28. The van der Waals surface area contributed by atoms with Gasteiger partial charge in [-0.2, -0.15) is 13.2 Å². The summed E-state index contributed by atoms with van der Waals surface area (Å²) < 4.78 is 38.2. The molecule has 1 unspecified atom stereocenters. The molecule has 2 N–H and O–H groups in total. The Morgan fingerprint density at radius 2 is 2.22 bits per heavy atom. The normalized spacial score (nSPS) is 19.9. The van der Waals surface area contributed by atoms with E-state index in [9.17, 15) is 13.2 Å². The highest BCUT2D eigenvalue weighted by Gasteiger charge is 2.34. The molecule has 1 aromatic carbocycles. The summed E-state index contributed by atoms with van der Waals surface area (Å²) in [6.45, 7) is 0.560. The van der Waals surface area contributed by atoms with Gasteiger partial charge in [0.2, 0.25) is 0 Å². The van der Waals surface area contributed by atoms with Gasteiger partial charge in [0, 0.05) is 37.2 Å². The molecule has 0 bridgehead atoms. The maximum atomic E-state index is 12.4. The van der Waals surface area contributed by atoms with Crippen LogP contribution in [0.2, 0.25) is 0 Å². The number of hydrogen-bond donors (Lipinski definition) is 2. The fourth-order valence-corrected chi connectivity index (χ4v) is 3.01. The average molecular weight is 393 g/mol. The molecule has 0 radical (unpaired) electrons. The zero-order valence-electron chi connectivity index (χ0n) is 12.8. The number of nitrogens with zero attached hydrogens (tertiary/aromatic N) is 2. The molecular weight excluding hydrogens is 373 g/mol. The molecule has 1 heterocycles. The quantitative estimate of drug-likeness (QED) is 0.611. The standard InChI is InChI=1S/C15H20BrF3N4/c1-20-14(21-8-11-3-2-4-12(16)7-11)22-13-5-6-23(9-13)10-15(17,18)19/h2-4,7,13H,5-6,8-10H2,1H3,(H2,20,21,22). The van der Waals surface area contributed by atoms with Crippen LogP contribution in [-0.4, -0.2) is 49.8 Å². The minimum Gasteiger partial charge on any atom is -0.352 e. The number of alkyl halides is 3. The number of hydrogen-bond acceptors (Lipinski definition) is 2. The van der Waals surface area contributed by atoms with Gasteiger partial charge in [0.05, 0.1) is 6.54 Å². The van der Waals surface area contributed by atoms with Crippen molar-refractivity contribution < 1.29 is 13.2 Å². The summed E-state index contributed by atoms with van der Waals surface area (Å²) in [5.74, 6) is 0.601. The van der Waals surface area contributed by atoms with E-state index in [1.165, 1.54) is 4.90 Å². The van der Waals surface area contributed by atoms with Gasteiger partial charge in [-0.15, -0.1) is 0 Å². The Balaban J connectivity index is 1.79. The summed E-state index contributed by atoms with van der Waals surface area (Å²) >= 11 is 3.42. The van der Waals surface area contributed by atoms with Crippen LogP contribution < -0.4 is 10.6 Å². The zero-order valence-corrected chi connectivity index (χ0v) is 14.4. The maximum Gasteiger partial charge on any atom is 0.401 e. The Labute approximate surface area is 142 Å². The molecule has 0 saturated carbocycles. The molecule has 1 aliphatic rings. The van der Waals surface area contributed by atoms with Gasteiger partial charge in [-0.05, 0) is 24.1 Å². The van der Waals surface area contributed by atoms with E-state index in [1.807, 2.05) is 24.3 Å². The third-order valence-electron chi connectivity index (χ3n) is 3.59. The largest absolute Gasteiger partial charge is 0.401 e. The summed E-state index contributed by atoms with van der Waals surface area (Å²) in [5.41, 5.74) is 1.09. The second-order valence-corrected chi connectivity index (χ2v) is 6.45. The minimum absolute atomic E-state index is 0.0222. The van der Waals surface area contributed by atoms with Gasteiger partial charge in [-0.1, -0.05) is 28.1 Å². The average Bonchev–Trinajstić information content (AvgIpc) is 2.88. The first-order valence-electron chi connectivity index (χ1n) is 7.36. The van der Waals surface area contributed by atoms with Gasteiger partial charge in [-0.25, -0.2) is 0 Å². The lowest BCUT2D eigenvalue weighted by atomic mass is 10.2. The molecule has 8 heteroatoms. The van der Waals surface area contributed by atoms with Gasteiger partial charge in [0.15, 0.2) is 5.96 Å². The van der Waals surface area contributed by atoms with Crippen molar-refractivity contribution in [2.75, 3.05) is 26.7 Å². The van der Waals surface area contributed by atoms with Crippen molar-refractivity contribution in [3.63, 3.8) is 0 Å². The number of nitrogens with one attached hydrogen (secondary N) is 2. The fourth-order valence-electron chi connectivity index (χ4n) is 2.57. The van der Waals surface area contributed by atoms with Crippen LogP contribution >= 0.6 is 15.9 Å². The first kappa shape index (κ1) is 18.1. The lowest BCUT2D eigenvalue weighted by molar-refractivity contribution is -0.143. The number of likely N-dealkylation sites (tertiary alicyclic amines) is 1. The summed E-state index contributed by atoms with van der Waals surface area (Å²) in [6.07, 6.45) is -3.47. The van der Waals surface area contributed by atoms with Crippen molar-refractivity contribution in [1.82, 2.24) is 15.5 Å². The summed E-state index contributed by atoms with van der Waals surface area (Å²) in [6, 6.07) is 7.87. The maximum absolute atomic E-state index is 12.4. The van der Waals surface area contributed by atoms with Crippen LogP contribution in [0.4, 0.5) is 13.2 Å². The van der Waals surface area contributed by atoms with Crippen LogP contribution in [0.15, 0.2) is 33.7 Å². The van der Waals surface area contributed by atoms with Gasteiger partial charge in [-0.3, -0.25) is 9.89 Å². The molecule has 0 aliphatic carbocycles. The van der Waals surface area contributed by atoms with Crippen LogP contribution in [-0.2, 0) is 6.54 Å². The molecule has 128 valence electrons. The third-order valence-corrected chi connectivity index (χ3v) is 4.08. The first-order chi connectivity index (χ1) is 10.9. The fraction of sp³-hybridized carbons (Fsp3) is 0.533. The summed E-state index contributed by atoms with van der Waals surface area (Å²) in [7, 11) is 1.65. The molecule has 0 spiro atoms. The molecule has 1 aromatic rings. The summed E-state index contributed by atoms with van der Waals surface area (Å²) in [4.78, 5) is 5.55. The lowest BCUT2D eigenvalue weighted by Gasteiger charge is -2.19. The van der Waals surface area contributed by atoms with Crippen LogP contribution in [0.5, 0.6) is 0 Å². The second-order valence-electron chi connectivity index (χ2n) is 5.54. The predicted molar refractivity (Wildman–Crippen MR) is 88.4 cm³/mol. The van der Waals surface area contributed by atoms with E-state index in [0.717, 1.165) is 10.0 Å². The van der Waals surface area contributed by atoms with E-state index in [2.05, 4.69) is 31.6 Å². The number of benzene rings is 1. The SMILES string of the molecule is CN=C(NCc1cccc(Br)c1)NC1CCN(CC(F)(F)F)C1. The lowest BCUT2D eigenvalue weighted by Crippen LogP contribution is -2.44. The molecule has 23 heavy (non-hydrogen) atoms. The number of guanidine groups is 1. The molecule has 1 atom stereocenters. The Kier molecular flexibility index (Phi) is 6.29. The van der Waals surface area contributed by atoms with Crippen molar-refractivity contribution in [3.8, 4) is 0 Å². The zero-order chi connectivity index (χ0) is 16.9. The molecule has 2 rings (SSSR count). The van der Waals surface area contributed by atoms with Crippen molar-refractivity contribution >= 4 is 21.9 Å².